The predicted octanol–water partition coefficient (Wildman–Crippen LogP) is 2.05. The third kappa shape index (κ3) is 2.66. The van der Waals surface area contributed by atoms with E-state index < -0.39 is 11.4 Å². The van der Waals surface area contributed by atoms with Crippen molar-refractivity contribution in [3.05, 3.63) is 46.1 Å². The predicted molar refractivity (Wildman–Crippen MR) is 54.6 cm³/mol. The zero-order valence-corrected chi connectivity index (χ0v) is 8.93. The number of hydrogen-bond donors (Lipinski definition) is 0. The molecule has 0 N–H and O–H groups in total. The molecule has 0 amide bonds. The van der Waals surface area contributed by atoms with Gasteiger partial charge >= 0.3 is 0 Å². The third-order valence-corrected chi connectivity index (χ3v) is 1.84. The van der Waals surface area contributed by atoms with Gasteiger partial charge in [-0.25, -0.2) is 0 Å². The van der Waals surface area contributed by atoms with Crippen molar-refractivity contribution >= 4 is 0 Å². The molecule has 0 fully saturated rings. The van der Waals surface area contributed by atoms with E-state index in [4.69, 9.17) is 0 Å². The molecule has 5 heteroatoms. The van der Waals surface area contributed by atoms with Crippen molar-refractivity contribution < 1.29 is 9.87 Å². The molecule has 0 saturated heterocycles. The molecule has 0 bridgehead atoms. The summed E-state index contributed by atoms with van der Waals surface area (Å²) in [5.41, 5.74) is -0.563. The van der Waals surface area contributed by atoms with Gasteiger partial charge in [-0.05, 0) is 20.8 Å². The fraction of sp³-hybridized carbons (Fsp3) is 0.400. The zero-order valence-electron chi connectivity index (χ0n) is 8.93. The molecule has 1 rings (SSSR count). The second-order valence-electron chi connectivity index (χ2n) is 4.22. The molecule has 0 atom stereocenters. The van der Waals surface area contributed by atoms with Gasteiger partial charge in [-0.15, -0.1) is 0 Å². The molecule has 1 radical (unpaired) electrons. The van der Waals surface area contributed by atoms with Gasteiger partial charge < -0.3 is 10.3 Å². The summed E-state index contributed by atoms with van der Waals surface area (Å²) in [5, 5.41) is 23.5. The van der Waals surface area contributed by atoms with Gasteiger partial charge in [0.1, 0.15) is 0 Å². The lowest BCUT2D eigenvalue weighted by atomic mass is 10.1. The first-order chi connectivity index (χ1) is 6.82. The topological polar surface area (TPSA) is 66.3 Å². The minimum atomic E-state index is -0.777. The van der Waals surface area contributed by atoms with Crippen molar-refractivity contribution in [2.75, 3.05) is 0 Å². The van der Waals surface area contributed by atoms with Crippen LogP contribution in [-0.4, -0.2) is 15.4 Å². The van der Waals surface area contributed by atoms with E-state index in [1.165, 1.54) is 24.6 Å². The van der Waals surface area contributed by atoms with E-state index in [9.17, 15) is 15.2 Å². The summed E-state index contributed by atoms with van der Waals surface area (Å²) in [5.74, 6) is -0.636. The fourth-order valence-corrected chi connectivity index (χ4v) is 0.977. The average Bonchev–Trinajstić information content (AvgIpc) is 2.15. The SMILES string of the molecule is CC(C)(C)N([O-])C([O])=C1C=C[N+](=O)C=C1. The lowest BCUT2D eigenvalue weighted by Gasteiger charge is -2.41. The van der Waals surface area contributed by atoms with E-state index in [1.54, 1.807) is 20.8 Å². The summed E-state index contributed by atoms with van der Waals surface area (Å²) in [6.07, 6.45) is 5.02. The number of hydrogen-bond acceptors (Lipinski definition) is 3. The summed E-state index contributed by atoms with van der Waals surface area (Å²) in [6, 6.07) is 0. The van der Waals surface area contributed by atoms with E-state index in [2.05, 4.69) is 0 Å². The van der Waals surface area contributed by atoms with Crippen LogP contribution < -0.4 is 0 Å². The highest BCUT2D eigenvalue weighted by Crippen LogP contribution is 2.21. The molecule has 0 unspecified atom stereocenters. The van der Waals surface area contributed by atoms with Gasteiger partial charge in [-0.2, -0.15) is 0 Å². The van der Waals surface area contributed by atoms with E-state index in [0.29, 0.717) is 9.82 Å². The molecule has 15 heavy (non-hydrogen) atoms. The lowest BCUT2D eigenvalue weighted by molar-refractivity contribution is -0.403. The lowest BCUT2D eigenvalue weighted by Crippen LogP contribution is -2.36. The van der Waals surface area contributed by atoms with E-state index in [0.717, 1.165) is 0 Å². The molecule has 1 aliphatic heterocycles. The van der Waals surface area contributed by atoms with Crippen LogP contribution >= 0.6 is 0 Å². The first kappa shape index (κ1) is 11.5. The summed E-state index contributed by atoms with van der Waals surface area (Å²) < 4.78 is 0.559. The molecule has 0 aromatic rings. The van der Waals surface area contributed by atoms with Crippen LogP contribution in [0.1, 0.15) is 20.8 Å². The van der Waals surface area contributed by atoms with Crippen LogP contribution in [0, 0.1) is 10.1 Å². The van der Waals surface area contributed by atoms with Crippen molar-refractivity contribution in [1.82, 2.24) is 5.06 Å². The Bertz CT molecular complexity index is 343. The van der Waals surface area contributed by atoms with Gasteiger partial charge in [0.2, 0.25) is 18.3 Å². The first-order valence-corrected chi connectivity index (χ1v) is 4.53. The van der Waals surface area contributed by atoms with Crippen LogP contribution in [0.25, 0.3) is 0 Å². The number of nitrogens with zero attached hydrogens (tertiary/aromatic N) is 2. The van der Waals surface area contributed by atoms with Gasteiger partial charge in [-0.1, -0.05) is 0 Å². The minimum absolute atomic E-state index is 0.215. The maximum absolute atomic E-state index is 11.6. The average molecular weight is 209 g/mol. The minimum Gasteiger partial charge on any atom is -0.756 e. The molecule has 0 saturated carbocycles. The monoisotopic (exact) mass is 209 g/mol. The second kappa shape index (κ2) is 3.86. The Hall–Kier alpha value is -1.62. The molecule has 0 aromatic heterocycles. The zero-order chi connectivity index (χ0) is 11.6. The summed E-state index contributed by atoms with van der Waals surface area (Å²) >= 11 is 0. The highest BCUT2D eigenvalue weighted by atomic mass is 16.5. The highest BCUT2D eigenvalue weighted by molar-refractivity contribution is 5.33. The number of allylic oxidation sites excluding steroid dienone is 3. The maximum atomic E-state index is 11.6. The summed E-state index contributed by atoms with van der Waals surface area (Å²) in [7, 11) is 0. The molecule has 1 aliphatic rings. The molecular weight excluding hydrogens is 196 g/mol. The smallest absolute Gasteiger partial charge is 0.244 e. The Morgan fingerprint density at radius 2 is 1.80 bits per heavy atom. The standard InChI is InChI=1S/C10H13N2O3/c1-10(2,3)12(15)9(13)8-4-6-11(14)7-5-8/h4-7H,1-3H3. The van der Waals surface area contributed by atoms with Crippen molar-refractivity contribution in [3.8, 4) is 0 Å². The van der Waals surface area contributed by atoms with Crippen LogP contribution in [0.5, 0.6) is 0 Å². The first-order valence-electron chi connectivity index (χ1n) is 4.53. The van der Waals surface area contributed by atoms with E-state index in [-0.39, 0.29) is 5.57 Å². The molecule has 0 spiro atoms. The van der Waals surface area contributed by atoms with Gasteiger partial charge in [0.25, 0.3) is 0 Å². The third-order valence-electron chi connectivity index (χ3n) is 1.84. The molecule has 5 nitrogen and oxygen atoms in total. The van der Waals surface area contributed by atoms with Gasteiger partial charge in [0, 0.05) is 22.6 Å². The van der Waals surface area contributed by atoms with Crippen molar-refractivity contribution in [2.24, 2.45) is 0 Å². The molecule has 1 heterocycles. The van der Waals surface area contributed by atoms with Crippen LogP contribution in [0.3, 0.4) is 0 Å². The number of rotatable bonds is 1. The fourth-order valence-electron chi connectivity index (χ4n) is 0.977. The van der Waals surface area contributed by atoms with Crippen molar-refractivity contribution in [2.45, 2.75) is 26.3 Å². The van der Waals surface area contributed by atoms with Gasteiger partial charge in [0.05, 0.1) is 10.3 Å². The Kier molecular flexibility index (Phi) is 2.95. The van der Waals surface area contributed by atoms with Crippen LogP contribution in [0.15, 0.2) is 36.0 Å². The van der Waals surface area contributed by atoms with Gasteiger partial charge in [0.15, 0.2) is 0 Å². The summed E-state index contributed by atoms with van der Waals surface area (Å²) in [6.45, 7) is 4.94. The number of hydroxylamine groups is 2. The molecular formula is C10H13N2O3. The summed E-state index contributed by atoms with van der Waals surface area (Å²) in [4.78, 5) is 10.7. The highest BCUT2D eigenvalue weighted by Gasteiger charge is 2.19. The quantitative estimate of drug-likeness (QED) is 0.377. The largest absolute Gasteiger partial charge is 0.756 e. The van der Waals surface area contributed by atoms with Crippen LogP contribution in [0.4, 0.5) is 0 Å². The van der Waals surface area contributed by atoms with Gasteiger partial charge in [-0.3, -0.25) is 5.11 Å². The Morgan fingerprint density at radius 3 is 2.20 bits per heavy atom. The van der Waals surface area contributed by atoms with E-state index >= 15 is 0 Å². The van der Waals surface area contributed by atoms with Crippen LogP contribution in [-0.2, 0) is 5.11 Å². The molecule has 0 aliphatic carbocycles. The Labute approximate surface area is 88.2 Å². The normalized spacial score (nSPS) is 15.7. The molecule has 81 valence electrons. The van der Waals surface area contributed by atoms with Crippen molar-refractivity contribution in [3.63, 3.8) is 0 Å². The molecule has 0 aromatic carbocycles. The van der Waals surface area contributed by atoms with Crippen LogP contribution in [0.2, 0.25) is 0 Å². The second-order valence-corrected chi connectivity index (χ2v) is 4.22. The van der Waals surface area contributed by atoms with E-state index in [1.807, 2.05) is 0 Å². The Morgan fingerprint density at radius 1 is 1.33 bits per heavy atom. The Balaban J connectivity index is 2.97. The maximum Gasteiger partial charge on any atom is 0.244 e. The number of nitroso groups, excluding NO2 is 1. The van der Waals surface area contributed by atoms with Crippen molar-refractivity contribution in [1.29, 1.82) is 0 Å².